The Balaban J connectivity index is 1.60. The molecule has 0 fully saturated rings. The van der Waals surface area contributed by atoms with Gasteiger partial charge in [0.2, 0.25) is 5.95 Å². The highest BCUT2D eigenvalue weighted by Crippen LogP contribution is 2.28. The number of rotatable bonds is 6. The van der Waals surface area contributed by atoms with Crippen LogP contribution in [-0.2, 0) is 13.5 Å². The molecule has 0 aliphatic carbocycles. The second-order valence-electron chi connectivity index (χ2n) is 6.73. The summed E-state index contributed by atoms with van der Waals surface area (Å²) in [6, 6.07) is 18.0. The van der Waals surface area contributed by atoms with Crippen molar-refractivity contribution < 1.29 is 4.74 Å². The molecule has 6 heteroatoms. The molecule has 0 saturated heterocycles. The fraction of sp³-hybridized carbons (Fsp3) is 0.174. The molecule has 0 radical (unpaired) electrons. The average molecular weight is 385 g/mol. The molecule has 0 spiro atoms. The Morgan fingerprint density at radius 2 is 1.97 bits per heavy atom. The van der Waals surface area contributed by atoms with Crippen LogP contribution >= 0.6 is 0 Å². The topological polar surface area (TPSA) is 64.3 Å². The molecule has 4 aromatic rings. The molecule has 2 heterocycles. The zero-order chi connectivity index (χ0) is 20.2. The number of anilines is 2. The van der Waals surface area contributed by atoms with E-state index in [9.17, 15) is 0 Å². The van der Waals surface area contributed by atoms with Gasteiger partial charge in [-0.05, 0) is 42.3 Å². The zero-order valence-electron chi connectivity index (χ0n) is 16.8. The van der Waals surface area contributed by atoms with Gasteiger partial charge in [0, 0.05) is 44.3 Å². The Labute approximate surface area is 169 Å². The summed E-state index contributed by atoms with van der Waals surface area (Å²) in [6.07, 6.45) is 4.40. The lowest BCUT2D eigenvalue weighted by Gasteiger charge is -2.07. The average Bonchev–Trinajstić information content (AvgIpc) is 3.03. The van der Waals surface area contributed by atoms with Crippen molar-refractivity contribution in [2.75, 3.05) is 12.4 Å². The van der Waals surface area contributed by atoms with Gasteiger partial charge in [-0.25, -0.2) is 4.98 Å². The van der Waals surface area contributed by atoms with Crippen molar-refractivity contribution in [1.82, 2.24) is 14.5 Å². The second-order valence-corrected chi connectivity index (χ2v) is 6.73. The highest BCUT2D eigenvalue weighted by atomic mass is 16.5. The smallest absolute Gasteiger partial charge is 0.208 e. The first-order valence-corrected chi connectivity index (χ1v) is 9.55. The van der Waals surface area contributed by atoms with Gasteiger partial charge in [0.15, 0.2) is 0 Å². The van der Waals surface area contributed by atoms with Crippen LogP contribution in [-0.4, -0.2) is 27.8 Å². The van der Waals surface area contributed by atoms with Gasteiger partial charge in [0.05, 0.1) is 16.7 Å². The van der Waals surface area contributed by atoms with Gasteiger partial charge in [-0.1, -0.05) is 19.1 Å². The maximum Gasteiger partial charge on any atom is 0.208 e. The maximum absolute atomic E-state index is 6.00. The van der Waals surface area contributed by atoms with E-state index in [2.05, 4.69) is 40.4 Å². The Kier molecular flexibility index (Phi) is 5.24. The predicted octanol–water partition coefficient (Wildman–Crippen LogP) is 5.12. The van der Waals surface area contributed by atoms with Crippen LogP contribution in [0.1, 0.15) is 18.2 Å². The first-order chi connectivity index (χ1) is 14.2. The predicted molar refractivity (Wildman–Crippen MR) is 118 cm³/mol. The molecule has 6 nitrogen and oxygen atoms in total. The molecule has 0 atom stereocenters. The Hall–Kier alpha value is -3.67. The molecule has 0 unspecified atom stereocenters. The minimum Gasteiger partial charge on any atom is -0.457 e. The first kappa shape index (κ1) is 18.7. The fourth-order valence-electron chi connectivity index (χ4n) is 3.18. The summed E-state index contributed by atoms with van der Waals surface area (Å²) in [5.41, 5.74) is 4.96. The van der Waals surface area contributed by atoms with Crippen molar-refractivity contribution >= 4 is 28.9 Å². The number of nitrogens with zero attached hydrogens (tertiary/aromatic N) is 4. The van der Waals surface area contributed by atoms with Crippen LogP contribution in [0, 0.1) is 0 Å². The van der Waals surface area contributed by atoms with E-state index in [4.69, 9.17) is 9.72 Å². The molecule has 1 N–H and O–H groups in total. The molecule has 2 aromatic carbocycles. The molecule has 29 heavy (non-hydrogen) atoms. The van der Waals surface area contributed by atoms with Gasteiger partial charge >= 0.3 is 0 Å². The Morgan fingerprint density at radius 1 is 1.10 bits per heavy atom. The minimum absolute atomic E-state index is 0.708. The van der Waals surface area contributed by atoms with Crippen LogP contribution in [0.3, 0.4) is 0 Å². The second kappa shape index (κ2) is 8.14. The zero-order valence-corrected chi connectivity index (χ0v) is 16.8. The number of hydrogen-bond acceptors (Lipinski definition) is 5. The van der Waals surface area contributed by atoms with E-state index in [0.717, 1.165) is 40.5 Å². The number of hydrogen-bond donors (Lipinski definition) is 1. The number of aliphatic imine (C=N–C) groups is 1. The van der Waals surface area contributed by atoms with Crippen LogP contribution < -0.4 is 10.1 Å². The van der Waals surface area contributed by atoms with E-state index < -0.39 is 0 Å². The van der Waals surface area contributed by atoms with Crippen molar-refractivity contribution in [3.05, 3.63) is 72.1 Å². The molecule has 2 aromatic heterocycles. The van der Waals surface area contributed by atoms with E-state index in [-0.39, 0.29) is 0 Å². The highest BCUT2D eigenvalue weighted by Gasteiger charge is 2.10. The first-order valence-electron chi connectivity index (χ1n) is 9.55. The SMILES string of the molecule is CCc1cccc(Nc2nc3cc(Oc4ccnc(/C=N\C)c4)ccc3n2C)c1. The third kappa shape index (κ3) is 4.11. The molecule has 0 amide bonds. The molecule has 0 aliphatic heterocycles. The van der Waals surface area contributed by atoms with Crippen LogP contribution in [0.25, 0.3) is 11.0 Å². The van der Waals surface area contributed by atoms with Crippen LogP contribution in [0.15, 0.2) is 65.8 Å². The van der Waals surface area contributed by atoms with E-state index in [1.165, 1.54) is 5.56 Å². The molecule has 0 saturated carbocycles. The minimum atomic E-state index is 0.708. The monoisotopic (exact) mass is 385 g/mol. The summed E-state index contributed by atoms with van der Waals surface area (Å²) in [4.78, 5) is 13.0. The van der Waals surface area contributed by atoms with Gasteiger partial charge in [0.1, 0.15) is 11.5 Å². The van der Waals surface area contributed by atoms with Gasteiger partial charge in [-0.3, -0.25) is 9.98 Å². The van der Waals surface area contributed by atoms with E-state index in [1.54, 1.807) is 19.5 Å². The molecule has 0 bridgehead atoms. The van der Waals surface area contributed by atoms with Crippen LogP contribution in [0.2, 0.25) is 0 Å². The quantitative estimate of drug-likeness (QED) is 0.468. The molecule has 146 valence electrons. The summed E-state index contributed by atoms with van der Waals surface area (Å²) in [7, 11) is 3.72. The number of benzene rings is 2. The Bertz CT molecular complexity index is 1180. The number of aromatic nitrogens is 3. The largest absolute Gasteiger partial charge is 0.457 e. The van der Waals surface area contributed by atoms with E-state index >= 15 is 0 Å². The van der Waals surface area contributed by atoms with Gasteiger partial charge in [-0.15, -0.1) is 0 Å². The Morgan fingerprint density at radius 3 is 2.79 bits per heavy atom. The standard InChI is InChI=1S/C23H23N5O/c1-4-16-6-5-7-17(12-16)26-23-27-21-14-19(8-9-22(21)28(23)3)29-20-10-11-25-18(13-20)15-24-2/h5-15H,4H2,1-3H3,(H,26,27)/b24-15-. The van der Waals surface area contributed by atoms with E-state index in [0.29, 0.717) is 5.75 Å². The van der Waals surface area contributed by atoms with Crippen LogP contribution in [0.5, 0.6) is 11.5 Å². The third-order valence-corrected chi connectivity index (χ3v) is 4.69. The van der Waals surface area contributed by atoms with Crippen LogP contribution in [0.4, 0.5) is 11.6 Å². The van der Waals surface area contributed by atoms with Crippen molar-refractivity contribution in [3.8, 4) is 11.5 Å². The number of aryl methyl sites for hydroxylation is 2. The fourth-order valence-corrected chi connectivity index (χ4v) is 3.18. The normalized spacial score (nSPS) is 11.3. The lowest BCUT2D eigenvalue weighted by molar-refractivity contribution is 0.482. The van der Waals surface area contributed by atoms with E-state index in [1.807, 2.05) is 48.0 Å². The van der Waals surface area contributed by atoms with Gasteiger partial charge in [-0.2, -0.15) is 0 Å². The van der Waals surface area contributed by atoms with Crippen molar-refractivity contribution in [2.24, 2.45) is 12.0 Å². The molecular formula is C23H23N5O. The number of nitrogens with one attached hydrogen (secondary N) is 1. The summed E-state index contributed by atoms with van der Waals surface area (Å²) in [6.45, 7) is 2.15. The lowest BCUT2D eigenvalue weighted by Crippen LogP contribution is -1.99. The summed E-state index contributed by atoms with van der Waals surface area (Å²) >= 11 is 0. The molecular weight excluding hydrogens is 362 g/mol. The number of pyridine rings is 1. The van der Waals surface area contributed by atoms with Gasteiger partial charge in [0.25, 0.3) is 0 Å². The summed E-state index contributed by atoms with van der Waals surface area (Å²) in [5.74, 6) is 2.22. The van der Waals surface area contributed by atoms with Crippen molar-refractivity contribution in [3.63, 3.8) is 0 Å². The summed E-state index contributed by atoms with van der Waals surface area (Å²) < 4.78 is 8.04. The van der Waals surface area contributed by atoms with Crippen molar-refractivity contribution in [1.29, 1.82) is 0 Å². The number of imidazole rings is 1. The third-order valence-electron chi connectivity index (χ3n) is 4.69. The number of ether oxygens (including phenoxy) is 1. The summed E-state index contributed by atoms with van der Waals surface area (Å²) in [5, 5.41) is 3.42. The van der Waals surface area contributed by atoms with Gasteiger partial charge < -0.3 is 14.6 Å². The molecule has 0 aliphatic rings. The highest BCUT2D eigenvalue weighted by molar-refractivity contribution is 5.81. The molecule has 4 rings (SSSR count). The lowest BCUT2D eigenvalue weighted by atomic mass is 10.1. The number of fused-ring (bicyclic) bond motifs is 1. The van der Waals surface area contributed by atoms with Crippen molar-refractivity contribution in [2.45, 2.75) is 13.3 Å². The maximum atomic E-state index is 6.00.